The van der Waals surface area contributed by atoms with Crippen LogP contribution in [0.2, 0.25) is 10.0 Å². The maximum absolute atomic E-state index is 6.36. The highest BCUT2D eigenvalue weighted by atomic mass is 35.5. The summed E-state index contributed by atoms with van der Waals surface area (Å²) in [5.74, 6) is 0. The third kappa shape index (κ3) is 4.85. The molecule has 1 aromatic rings. The van der Waals surface area contributed by atoms with Crippen molar-refractivity contribution < 1.29 is 4.74 Å². The number of rotatable bonds is 4. The first kappa shape index (κ1) is 17.1. The van der Waals surface area contributed by atoms with Gasteiger partial charge in [-0.25, -0.2) is 0 Å². The molecule has 1 fully saturated rings. The normalized spacial score (nSPS) is 18.7. The Morgan fingerprint density at radius 2 is 1.71 bits per heavy atom. The van der Waals surface area contributed by atoms with Crippen LogP contribution in [0.1, 0.15) is 39.2 Å². The predicted molar refractivity (Wildman–Crippen MR) is 90.4 cm³/mol. The third-order valence-electron chi connectivity index (χ3n) is 4.16. The SMILES string of the molecule is CC(C)(C)NCC1(Cc2c(Cl)cccc2Cl)CCOCC1. The molecule has 1 heterocycles. The Morgan fingerprint density at radius 3 is 2.24 bits per heavy atom. The summed E-state index contributed by atoms with van der Waals surface area (Å²) >= 11 is 12.7. The van der Waals surface area contributed by atoms with Crippen LogP contribution in [0.5, 0.6) is 0 Å². The van der Waals surface area contributed by atoms with Crippen LogP contribution in [-0.4, -0.2) is 25.3 Å². The lowest BCUT2D eigenvalue weighted by atomic mass is 9.74. The summed E-state index contributed by atoms with van der Waals surface area (Å²) in [4.78, 5) is 0. The first-order valence-corrected chi connectivity index (χ1v) is 8.33. The van der Waals surface area contributed by atoms with Crippen molar-refractivity contribution in [1.29, 1.82) is 0 Å². The van der Waals surface area contributed by atoms with E-state index in [1.165, 1.54) is 0 Å². The van der Waals surface area contributed by atoms with Gasteiger partial charge >= 0.3 is 0 Å². The topological polar surface area (TPSA) is 21.3 Å². The predicted octanol–water partition coefficient (Wildman–Crippen LogP) is 4.72. The minimum atomic E-state index is 0.107. The van der Waals surface area contributed by atoms with E-state index in [-0.39, 0.29) is 11.0 Å². The standard InChI is InChI=1S/C17H25Cl2NO/c1-16(2,3)20-12-17(7-9-21-10-8-17)11-13-14(18)5-4-6-15(13)19/h4-6,20H,7-12H2,1-3H3. The van der Waals surface area contributed by atoms with Crippen molar-refractivity contribution in [1.82, 2.24) is 5.32 Å². The maximum Gasteiger partial charge on any atom is 0.0471 e. The lowest BCUT2D eigenvalue weighted by Gasteiger charge is -2.40. The van der Waals surface area contributed by atoms with Gasteiger partial charge in [-0.3, -0.25) is 0 Å². The molecule has 0 aliphatic carbocycles. The van der Waals surface area contributed by atoms with Crippen molar-refractivity contribution >= 4 is 23.2 Å². The van der Waals surface area contributed by atoms with E-state index in [1.54, 1.807) is 0 Å². The molecule has 118 valence electrons. The molecule has 0 atom stereocenters. The van der Waals surface area contributed by atoms with Crippen molar-refractivity contribution in [2.75, 3.05) is 19.8 Å². The molecule has 1 saturated heterocycles. The van der Waals surface area contributed by atoms with Gasteiger partial charge in [-0.2, -0.15) is 0 Å². The molecule has 4 heteroatoms. The molecule has 0 saturated carbocycles. The number of benzene rings is 1. The molecule has 2 rings (SSSR count). The molecule has 0 amide bonds. The average molecular weight is 330 g/mol. The van der Waals surface area contributed by atoms with Gasteiger partial charge in [-0.05, 0) is 63.1 Å². The van der Waals surface area contributed by atoms with Gasteiger partial charge in [0, 0.05) is 35.3 Å². The summed E-state index contributed by atoms with van der Waals surface area (Å²) in [6, 6.07) is 5.75. The summed E-state index contributed by atoms with van der Waals surface area (Å²) < 4.78 is 5.56. The summed E-state index contributed by atoms with van der Waals surface area (Å²) in [5, 5.41) is 5.19. The van der Waals surface area contributed by atoms with Gasteiger partial charge < -0.3 is 10.1 Å². The molecule has 1 aromatic carbocycles. The Hall–Kier alpha value is -0.280. The van der Waals surface area contributed by atoms with Crippen LogP contribution < -0.4 is 5.32 Å². The van der Waals surface area contributed by atoms with Crippen LogP contribution in [0.25, 0.3) is 0 Å². The third-order valence-corrected chi connectivity index (χ3v) is 4.87. The van der Waals surface area contributed by atoms with Gasteiger partial charge in [0.25, 0.3) is 0 Å². The quantitative estimate of drug-likeness (QED) is 0.862. The van der Waals surface area contributed by atoms with E-state index >= 15 is 0 Å². The summed E-state index contributed by atoms with van der Waals surface area (Å²) in [6.07, 6.45) is 2.98. The zero-order valence-electron chi connectivity index (χ0n) is 13.1. The first-order valence-electron chi connectivity index (χ1n) is 7.57. The van der Waals surface area contributed by atoms with E-state index in [0.717, 1.165) is 54.6 Å². The second-order valence-corrected chi connectivity index (χ2v) is 7.91. The highest BCUT2D eigenvalue weighted by Crippen LogP contribution is 2.38. The van der Waals surface area contributed by atoms with Crippen LogP contribution in [0.3, 0.4) is 0 Å². The van der Waals surface area contributed by atoms with Crippen molar-refractivity contribution in [2.45, 2.75) is 45.6 Å². The second-order valence-electron chi connectivity index (χ2n) is 7.09. The average Bonchev–Trinajstić information content (AvgIpc) is 2.42. The molecule has 1 N–H and O–H groups in total. The van der Waals surface area contributed by atoms with E-state index in [2.05, 4.69) is 26.1 Å². The smallest absolute Gasteiger partial charge is 0.0471 e. The molecule has 1 aliphatic heterocycles. The highest BCUT2D eigenvalue weighted by molar-refractivity contribution is 6.36. The lowest BCUT2D eigenvalue weighted by Crippen LogP contribution is -2.47. The van der Waals surface area contributed by atoms with Gasteiger partial charge in [0.1, 0.15) is 0 Å². The van der Waals surface area contributed by atoms with Crippen LogP contribution in [-0.2, 0) is 11.2 Å². The van der Waals surface area contributed by atoms with Crippen LogP contribution >= 0.6 is 23.2 Å². The van der Waals surface area contributed by atoms with Crippen LogP contribution in [0.15, 0.2) is 18.2 Å². The van der Waals surface area contributed by atoms with Gasteiger partial charge in [0.05, 0.1) is 0 Å². The number of ether oxygens (including phenoxy) is 1. The number of nitrogens with one attached hydrogen (secondary N) is 1. The highest BCUT2D eigenvalue weighted by Gasteiger charge is 2.34. The fourth-order valence-corrected chi connectivity index (χ4v) is 3.28. The second kappa shape index (κ2) is 6.87. The largest absolute Gasteiger partial charge is 0.381 e. The Labute approximate surface area is 138 Å². The van der Waals surface area contributed by atoms with Gasteiger partial charge in [0.2, 0.25) is 0 Å². The zero-order chi connectivity index (χ0) is 15.5. The van der Waals surface area contributed by atoms with Crippen molar-refractivity contribution in [3.8, 4) is 0 Å². The molecule has 0 bridgehead atoms. The molecule has 0 aromatic heterocycles. The molecule has 1 aliphatic rings. The molecule has 0 spiro atoms. The Kier molecular flexibility index (Phi) is 5.59. The number of hydrogen-bond acceptors (Lipinski definition) is 2. The van der Waals surface area contributed by atoms with E-state index in [1.807, 2.05) is 18.2 Å². The molecule has 0 unspecified atom stereocenters. The minimum Gasteiger partial charge on any atom is -0.381 e. The molecule has 2 nitrogen and oxygen atoms in total. The van der Waals surface area contributed by atoms with E-state index in [4.69, 9.17) is 27.9 Å². The fraction of sp³-hybridized carbons (Fsp3) is 0.647. The van der Waals surface area contributed by atoms with Gasteiger partial charge in [0.15, 0.2) is 0 Å². The van der Waals surface area contributed by atoms with Crippen molar-refractivity contribution in [2.24, 2.45) is 5.41 Å². The monoisotopic (exact) mass is 329 g/mol. The summed E-state index contributed by atoms with van der Waals surface area (Å²) in [5.41, 5.74) is 1.34. The lowest BCUT2D eigenvalue weighted by molar-refractivity contribution is 0.0121. The van der Waals surface area contributed by atoms with Crippen molar-refractivity contribution in [3.63, 3.8) is 0 Å². The maximum atomic E-state index is 6.36. The van der Waals surface area contributed by atoms with E-state index < -0.39 is 0 Å². The molecule has 21 heavy (non-hydrogen) atoms. The molecule has 0 radical (unpaired) electrons. The number of halogens is 2. The van der Waals surface area contributed by atoms with Crippen LogP contribution in [0, 0.1) is 5.41 Å². The summed E-state index contributed by atoms with van der Waals surface area (Å²) in [7, 11) is 0. The number of hydrogen-bond donors (Lipinski definition) is 1. The van der Waals surface area contributed by atoms with Gasteiger partial charge in [-0.1, -0.05) is 29.3 Å². The Balaban J connectivity index is 2.20. The minimum absolute atomic E-state index is 0.107. The van der Waals surface area contributed by atoms with Crippen LogP contribution in [0.4, 0.5) is 0 Å². The Bertz CT molecular complexity index is 456. The molecular formula is C17H25Cl2NO. The Morgan fingerprint density at radius 1 is 1.14 bits per heavy atom. The van der Waals surface area contributed by atoms with E-state index in [9.17, 15) is 0 Å². The zero-order valence-corrected chi connectivity index (χ0v) is 14.7. The van der Waals surface area contributed by atoms with Gasteiger partial charge in [-0.15, -0.1) is 0 Å². The molecular weight excluding hydrogens is 305 g/mol. The first-order chi connectivity index (χ1) is 9.81. The van der Waals surface area contributed by atoms with Crippen molar-refractivity contribution in [3.05, 3.63) is 33.8 Å². The van der Waals surface area contributed by atoms with E-state index in [0.29, 0.717) is 0 Å². The summed E-state index contributed by atoms with van der Waals surface area (Å²) in [6.45, 7) is 9.18. The fourth-order valence-electron chi connectivity index (χ4n) is 2.75.